The zero-order valence-corrected chi connectivity index (χ0v) is 28.9. The molecule has 2 heterocycles. The van der Waals surface area contributed by atoms with Gasteiger partial charge in [-0.1, -0.05) is 79.9 Å². The number of aromatic nitrogens is 2. The molecule has 2 aromatic heterocycles. The molecule has 4 heteroatoms. The van der Waals surface area contributed by atoms with Gasteiger partial charge in [-0.2, -0.15) is 30.3 Å². The molecule has 0 aliphatic carbocycles. The summed E-state index contributed by atoms with van der Waals surface area (Å²) in [4.78, 5) is 10.3. The Labute approximate surface area is 298 Å². The van der Waals surface area contributed by atoms with E-state index in [1.165, 1.54) is 11.1 Å². The second-order valence-corrected chi connectivity index (χ2v) is 10.3. The van der Waals surface area contributed by atoms with E-state index in [9.17, 15) is 0 Å². The predicted octanol–water partition coefficient (Wildman–Crippen LogP) is 11.5. The molecule has 0 aliphatic heterocycles. The molecule has 48 heavy (non-hydrogen) atoms. The van der Waals surface area contributed by atoms with Crippen LogP contribution in [0.3, 0.4) is 0 Å². The van der Waals surface area contributed by atoms with E-state index in [1.54, 1.807) is 18.6 Å². The SMILES string of the molecule is C=Cc1ccc(N(c2ccc(C=C)cc2)c2ccc(-c3cc[c-]cc3)cc2)cc1.[Ir].[c-]1ccccc1-c1ccccn1.c1ccncc1. The second kappa shape index (κ2) is 19.1. The van der Waals surface area contributed by atoms with Crippen molar-refractivity contribution in [2.45, 2.75) is 0 Å². The Morgan fingerprint density at radius 2 is 1.02 bits per heavy atom. The van der Waals surface area contributed by atoms with Crippen molar-refractivity contribution >= 4 is 29.2 Å². The van der Waals surface area contributed by atoms with Crippen LogP contribution < -0.4 is 4.90 Å². The van der Waals surface area contributed by atoms with E-state index in [2.05, 4.69) is 125 Å². The number of hydrogen-bond donors (Lipinski definition) is 0. The first-order valence-corrected chi connectivity index (χ1v) is 15.3. The Bertz CT molecular complexity index is 1790. The topological polar surface area (TPSA) is 29.0 Å². The molecule has 237 valence electrons. The quantitative estimate of drug-likeness (QED) is 0.150. The molecule has 0 saturated heterocycles. The molecule has 0 fully saturated rings. The van der Waals surface area contributed by atoms with Crippen LogP contribution >= 0.6 is 0 Å². The van der Waals surface area contributed by atoms with E-state index in [1.807, 2.05) is 84.9 Å². The van der Waals surface area contributed by atoms with Crippen molar-refractivity contribution in [3.05, 3.63) is 213 Å². The van der Waals surface area contributed by atoms with E-state index in [0.29, 0.717) is 0 Å². The maximum absolute atomic E-state index is 4.22. The van der Waals surface area contributed by atoms with Gasteiger partial charge in [0.25, 0.3) is 0 Å². The molecule has 1 radical (unpaired) electrons. The summed E-state index contributed by atoms with van der Waals surface area (Å²) in [5, 5.41) is 0. The number of benzene rings is 5. The minimum absolute atomic E-state index is 0. The maximum Gasteiger partial charge on any atom is 0.0462 e. The van der Waals surface area contributed by atoms with Gasteiger partial charge in [0.1, 0.15) is 0 Å². The first-order valence-electron chi connectivity index (χ1n) is 15.3. The smallest absolute Gasteiger partial charge is 0.0462 e. The third-order valence-corrected chi connectivity index (χ3v) is 7.17. The zero-order valence-electron chi connectivity index (χ0n) is 26.5. The second-order valence-electron chi connectivity index (χ2n) is 10.3. The summed E-state index contributed by atoms with van der Waals surface area (Å²) < 4.78 is 0. The zero-order chi connectivity index (χ0) is 32.5. The van der Waals surface area contributed by atoms with Gasteiger partial charge in [-0.3, -0.25) is 4.98 Å². The fourth-order valence-corrected chi connectivity index (χ4v) is 4.74. The first-order chi connectivity index (χ1) is 23.2. The van der Waals surface area contributed by atoms with Crippen LogP contribution in [0.25, 0.3) is 34.5 Å². The molecule has 7 aromatic rings. The van der Waals surface area contributed by atoms with Crippen LogP contribution in [0.15, 0.2) is 189 Å². The molecule has 0 amide bonds. The molecule has 7 rings (SSSR count). The standard InChI is InChI=1S/C28H22N.C11H8N.C5H5N.Ir/c1-3-22-10-16-26(17-11-22)29(27-18-12-23(4-2)13-19-27)28-20-14-25(15-21-28)24-8-6-5-7-9-24;1-2-6-10(7-3-1)11-8-4-5-9-12-11;1-2-4-6-5-3-1;/h3-4,6-21H,1-2H2;1-6,8-9H;1-5H;/q2*-1;;. The van der Waals surface area contributed by atoms with Crippen molar-refractivity contribution in [3.63, 3.8) is 0 Å². The summed E-state index contributed by atoms with van der Waals surface area (Å²) in [7, 11) is 0. The Balaban J connectivity index is 0.000000223. The minimum Gasteiger partial charge on any atom is -0.311 e. The van der Waals surface area contributed by atoms with Gasteiger partial charge in [0.15, 0.2) is 0 Å². The van der Waals surface area contributed by atoms with Crippen molar-refractivity contribution in [1.82, 2.24) is 9.97 Å². The summed E-state index contributed by atoms with van der Waals surface area (Å²) in [5.41, 5.74) is 9.90. The normalized spacial score (nSPS) is 9.67. The van der Waals surface area contributed by atoms with E-state index in [0.717, 1.165) is 39.4 Å². The fourth-order valence-electron chi connectivity index (χ4n) is 4.74. The van der Waals surface area contributed by atoms with Crippen LogP contribution in [0.5, 0.6) is 0 Å². The van der Waals surface area contributed by atoms with E-state index < -0.39 is 0 Å². The molecule has 0 bridgehead atoms. The van der Waals surface area contributed by atoms with Crippen molar-refractivity contribution in [2.24, 2.45) is 0 Å². The minimum atomic E-state index is 0. The molecular formula is C44H35IrN3-2. The van der Waals surface area contributed by atoms with Gasteiger partial charge in [0.05, 0.1) is 0 Å². The van der Waals surface area contributed by atoms with Crippen LogP contribution in [0.1, 0.15) is 11.1 Å². The first kappa shape index (κ1) is 35.2. The number of pyridine rings is 2. The van der Waals surface area contributed by atoms with Gasteiger partial charge in [-0.25, -0.2) is 0 Å². The average molecular weight is 798 g/mol. The summed E-state index contributed by atoms with van der Waals surface area (Å²) in [5.74, 6) is 0. The van der Waals surface area contributed by atoms with Crippen molar-refractivity contribution < 1.29 is 20.1 Å². The number of rotatable bonds is 7. The van der Waals surface area contributed by atoms with Crippen LogP contribution in [0.2, 0.25) is 0 Å². The maximum atomic E-state index is 4.22. The molecular weight excluding hydrogens is 763 g/mol. The number of hydrogen-bond acceptors (Lipinski definition) is 3. The molecule has 0 aliphatic rings. The van der Waals surface area contributed by atoms with Gasteiger partial charge in [-0.05, 0) is 77.0 Å². The summed E-state index contributed by atoms with van der Waals surface area (Å²) in [6.07, 6.45) is 9.01. The van der Waals surface area contributed by atoms with Crippen molar-refractivity contribution in [2.75, 3.05) is 4.90 Å². The van der Waals surface area contributed by atoms with Crippen LogP contribution in [0, 0.1) is 12.1 Å². The third-order valence-electron chi connectivity index (χ3n) is 7.17. The van der Waals surface area contributed by atoms with E-state index >= 15 is 0 Å². The molecule has 5 aromatic carbocycles. The predicted molar refractivity (Wildman–Crippen MR) is 198 cm³/mol. The Hall–Kier alpha value is -5.67. The monoisotopic (exact) mass is 798 g/mol. The Morgan fingerprint density at radius 3 is 1.46 bits per heavy atom. The van der Waals surface area contributed by atoms with E-state index in [4.69, 9.17) is 0 Å². The third kappa shape index (κ3) is 10.2. The van der Waals surface area contributed by atoms with Crippen LogP contribution in [-0.2, 0) is 20.1 Å². The van der Waals surface area contributed by atoms with Crippen molar-refractivity contribution in [3.8, 4) is 22.4 Å². The molecule has 3 nitrogen and oxygen atoms in total. The fraction of sp³-hybridized carbons (Fsp3) is 0. The van der Waals surface area contributed by atoms with Gasteiger partial charge in [0, 0.05) is 55.8 Å². The molecule has 0 saturated carbocycles. The molecule has 0 spiro atoms. The Morgan fingerprint density at radius 1 is 0.500 bits per heavy atom. The molecule has 0 N–H and O–H groups in total. The molecule has 0 unspecified atom stereocenters. The van der Waals surface area contributed by atoms with Crippen LogP contribution in [0.4, 0.5) is 17.1 Å². The van der Waals surface area contributed by atoms with Crippen molar-refractivity contribution in [1.29, 1.82) is 0 Å². The number of nitrogens with zero attached hydrogens (tertiary/aromatic N) is 3. The van der Waals surface area contributed by atoms with Gasteiger partial charge in [0.2, 0.25) is 0 Å². The molecule has 0 atom stereocenters. The van der Waals surface area contributed by atoms with Gasteiger partial charge in [-0.15, -0.1) is 41.5 Å². The largest absolute Gasteiger partial charge is 0.311 e. The average Bonchev–Trinajstić information content (AvgIpc) is 3.18. The summed E-state index contributed by atoms with van der Waals surface area (Å²) in [6.45, 7) is 7.71. The Kier molecular flexibility index (Phi) is 14.0. The number of anilines is 3. The van der Waals surface area contributed by atoms with Crippen LogP contribution in [-0.4, -0.2) is 9.97 Å². The summed E-state index contributed by atoms with van der Waals surface area (Å²) in [6, 6.07) is 59.1. The van der Waals surface area contributed by atoms with Gasteiger partial charge < -0.3 is 9.88 Å². The summed E-state index contributed by atoms with van der Waals surface area (Å²) >= 11 is 0. The van der Waals surface area contributed by atoms with E-state index in [-0.39, 0.29) is 20.1 Å². The van der Waals surface area contributed by atoms with Gasteiger partial charge >= 0.3 is 0 Å².